The van der Waals surface area contributed by atoms with Crippen LogP contribution in [-0.2, 0) is 0 Å². The third-order valence-electron chi connectivity index (χ3n) is 2.05. The molecule has 0 spiro atoms. The maximum Gasteiger partial charge on any atom is 0.184 e. The van der Waals surface area contributed by atoms with E-state index in [0.717, 1.165) is 6.29 Å². The Morgan fingerprint density at radius 3 is 2.50 bits per heavy atom. The summed E-state index contributed by atoms with van der Waals surface area (Å²) in [5.41, 5.74) is 0.473. The third-order valence-corrected chi connectivity index (χ3v) is 2.05. The molecule has 0 fully saturated rings. The highest BCUT2D eigenvalue weighted by molar-refractivity contribution is 5.79. The van der Waals surface area contributed by atoms with E-state index in [1.807, 2.05) is 0 Å². The number of ether oxygens (including phenoxy) is 1. The quantitative estimate of drug-likeness (QED) is 0.446. The first-order valence-electron chi connectivity index (χ1n) is 4.70. The molecule has 0 amide bonds. The molecule has 0 bridgehead atoms. The number of rotatable bonds is 3. The minimum Gasteiger partial charge on any atom is -0.619 e. The van der Waals surface area contributed by atoms with Crippen LogP contribution in [0.1, 0.15) is 10.4 Å². The monoisotopic (exact) mass is 215 g/mol. The van der Waals surface area contributed by atoms with Crippen molar-refractivity contribution >= 4 is 6.29 Å². The van der Waals surface area contributed by atoms with Gasteiger partial charge in [0.15, 0.2) is 18.7 Å². The normalized spacial score (nSPS) is 9.75. The molecule has 0 atom stereocenters. The molecule has 0 aliphatic rings. The molecule has 0 aliphatic carbocycles. The Bertz CT molecular complexity index is 494. The van der Waals surface area contributed by atoms with Crippen LogP contribution in [0.25, 0.3) is 0 Å². The molecule has 0 unspecified atom stereocenters. The Labute approximate surface area is 92.3 Å². The molecular weight excluding hydrogens is 206 g/mol. The first-order chi connectivity index (χ1) is 7.79. The van der Waals surface area contributed by atoms with E-state index in [9.17, 15) is 10.0 Å². The smallest absolute Gasteiger partial charge is 0.184 e. The summed E-state index contributed by atoms with van der Waals surface area (Å²) in [5, 5.41) is 10.8. The summed E-state index contributed by atoms with van der Waals surface area (Å²) in [6.45, 7) is 0. The Morgan fingerprint density at radius 2 is 1.81 bits per heavy atom. The van der Waals surface area contributed by atoms with Gasteiger partial charge in [0.2, 0.25) is 0 Å². The highest BCUT2D eigenvalue weighted by Crippen LogP contribution is 2.22. The summed E-state index contributed by atoms with van der Waals surface area (Å²) >= 11 is 0. The van der Waals surface area contributed by atoms with Crippen LogP contribution in [-0.4, -0.2) is 6.29 Å². The van der Waals surface area contributed by atoms with Crippen LogP contribution >= 0.6 is 0 Å². The molecule has 0 N–H and O–H groups in total. The lowest BCUT2D eigenvalue weighted by Gasteiger charge is -2.06. The minimum absolute atomic E-state index is 0.473. The molecule has 0 saturated carbocycles. The summed E-state index contributed by atoms with van der Waals surface area (Å²) in [6, 6.07) is 9.97. The van der Waals surface area contributed by atoms with E-state index in [1.165, 1.54) is 24.5 Å². The predicted octanol–water partition coefficient (Wildman–Crippen LogP) is 1.92. The van der Waals surface area contributed by atoms with E-state index < -0.39 is 0 Å². The number of aromatic nitrogens is 1. The zero-order valence-electron chi connectivity index (χ0n) is 8.37. The average Bonchev–Trinajstić information content (AvgIpc) is 2.33. The second-order valence-electron chi connectivity index (χ2n) is 3.15. The molecule has 0 aliphatic heterocycles. The number of nitrogens with zero attached hydrogens (tertiary/aromatic N) is 1. The van der Waals surface area contributed by atoms with Crippen molar-refractivity contribution in [1.82, 2.24) is 0 Å². The number of benzene rings is 1. The van der Waals surface area contributed by atoms with E-state index in [4.69, 9.17) is 4.74 Å². The van der Waals surface area contributed by atoms with Gasteiger partial charge in [-0.25, -0.2) is 0 Å². The number of aldehydes is 1. The Hall–Kier alpha value is -2.36. The summed E-state index contributed by atoms with van der Waals surface area (Å²) in [5.74, 6) is 0.988. The van der Waals surface area contributed by atoms with Crippen molar-refractivity contribution in [2.75, 3.05) is 0 Å². The van der Waals surface area contributed by atoms with Gasteiger partial charge in [-0.05, 0) is 12.1 Å². The summed E-state index contributed by atoms with van der Waals surface area (Å²) in [7, 11) is 0. The van der Waals surface area contributed by atoms with Crippen molar-refractivity contribution in [3.63, 3.8) is 0 Å². The van der Waals surface area contributed by atoms with Gasteiger partial charge in [-0.2, -0.15) is 4.73 Å². The lowest BCUT2D eigenvalue weighted by molar-refractivity contribution is -0.605. The number of pyridine rings is 1. The minimum atomic E-state index is 0.473. The molecule has 80 valence electrons. The first kappa shape index (κ1) is 10.2. The maximum absolute atomic E-state index is 10.8. The molecule has 2 rings (SSSR count). The second kappa shape index (κ2) is 4.44. The van der Waals surface area contributed by atoms with Gasteiger partial charge in [-0.1, -0.05) is 12.1 Å². The number of hydrogen-bond acceptors (Lipinski definition) is 3. The molecule has 1 heterocycles. The molecule has 16 heavy (non-hydrogen) atoms. The largest absolute Gasteiger partial charge is 0.619 e. The SMILES string of the molecule is O=Cc1ccccc1Oc1cc[n+]([O-])cc1. The Balaban J connectivity index is 2.26. The number of carbonyl (C=O) groups excluding carboxylic acids is 1. The van der Waals surface area contributed by atoms with E-state index in [0.29, 0.717) is 21.8 Å². The van der Waals surface area contributed by atoms with Crippen LogP contribution in [0.15, 0.2) is 48.8 Å². The fourth-order valence-electron chi connectivity index (χ4n) is 1.26. The standard InChI is InChI=1S/C12H9NO3/c14-9-10-3-1-2-4-12(10)16-11-5-7-13(15)8-6-11/h1-9H. The predicted molar refractivity (Wildman–Crippen MR) is 57.3 cm³/mol. The van der Waals surface area contributed by atoms with Crippen molar-refractivity contribution in [2.45, 2.75) is 0 Å². The zero-order valence-corrected chi connectivity index (χ0v) is 8.37. The van der Waals surface area contributed by atoms with Crippen molar-refractivity contribution in [3.05, 3.63) is 59.6 Å². The Kier molecular flexibility index (Phi) is 2.82. The molecule has 1 aromatic carbocycles. The average molecular weight is 215 g/mol. The summed E-state index contributed by atoms with van der Waals surface area (Å²) in [6.07, 6.45) is 3.39. The zero-order chi connectivity index (χ0) is 11.4. The third kappa shape index (κ3) is 2.17. The number of carbonyl (C=O) groups is 1. The van der Waals surface area contributed by atoms with Gasteiger partial charge in [-0.15, -0.1) is 0 Å². The number of hydrogen-bond donors (Lipinski definition) is 0. The fourth-order valence-corrected chi connectivity index (χ4v) is 1.26. The first-order valence-corrected chi connectivity index (χ1v) is 4.70. The van der Waals surface area contributed by atoms with Crippen LogP contribution in [0, 0.1) is 5.21 Å². The van der Waals surface area contributed by atoms with Gasteiger partial charge in [0.1, 0.15) is 11.5 Å². The van der Waals surface area contributed by atoms with Gasteiger partial charge < -0.3 is 9.94 Å². The van der Waals surface area contributed by atoms with E-state index >= 15 is 0 Å². The van der Waals surface area contributed by atoms with Crippen molar-refractivity contribution in [1.29, 1.82) is 0 Å². The van der Waals surface area contributed by atoms with E-state index in [2.05, 4.69) is 0 Å². The lowest BCUT2D eigenvalue weighted by atomic mass is 10.2. The van der Waals surface area contributed by atoms with Crippen molar-refractivity contribution in [2.24, 2.45) is 0 Å². The Morgan fingerprint density at radius 1 is 1.12 bits per heavy atom. The van der Waals surface area contributed by atoms with Gasteiger partial charge in [0.05, 0.1) is 5.56 Å². The molecule has 0 saturated heterocycles. The topological polar surface area (TPSA) is 53.2 Å². The van der Waals surface area contributed by atoms with Crippen LogP contribution in [0.3, 0.4) is 0 Å². The highest BCUT2D eigenvalue weighted by atomic mass is 16.5. The van der Waals surface area contributed by atoms with Gasteiger partial charge in [0.25, 0.3) is 0 Å². The van der Waals surface area contributed by atoms with Gasteiger partial charge >= 0.3 is 0 Å². The van der Waals surface area contributed by atoms with E-state index in [1.54, 1.807) is 24.3 Å². The van der Waals surface area contributed by atoms with E-state index in [-0.39, 0.29) is 0 Å². The number of para-hydroxylation sites is 1. The maximum atomic E-state index is 10.8. The summed E-state index contributed by atoms with van der Waals surface area (Å²) < 4.78 is 6.14. The molecule has 0 radical (unpaired) electrons. The van der Waals surface area contributed by atoms with Crippen LogP contribution < -0.4 is 9.47 Å². The molecule has 4 nitrogen and oxygen atoms in total. The highest BCUT2D eigenvalue weighted by Gasteiger charge is 2.03. The van der Waals surface area contributed by atoms with Crippen LogP contribution in [0.2, 0.25) is 0 Å². The van der Waals surface area contributed by atoms with Crippen LogP contribution in [0.5, 0.6) is 11.5 Å². The molecular formula is C12H9NO3. The second-order valence-corrected chi connectivity index (χ2v) is 3.15. The van der Waals surface area contributed by atoms with Crippen molar-refractivity contribution < 1.29 is 14.3 Å². The van der Waals surface area contributed by atoms with Crippen LogP contribution in [0.4, 0.5) is 0 Å². The molecule has 2 aromatic rings. The summed E-state index contributed by atoms with van der Waals surface area (Å²) in [4.78, 5) is 10.7. The molecule has 1 aromatic heterocycles. The lowest BCUT2D eigenvalue weighted by Crippen LogP contribution is -2.23. The fraction of sp³-hybridized carbons (Fsp3) is 0. The molecule has 4 heteroatoms. The van der Waals surface area contributed by atoms with Gasteiger partial charge in [-0.3, -0.25) is 4.79 Å². The van der Waals surface area contributed by atoms with Gasteiger partial charge in [0, 0.05) is 12.1 Å². The van der Waals surface area contributed by atoms with Crippen molar-refractivity contribution in [3.8, 4) is 11.5 Å².